The van der Waals surface area contributed by atoms with Crippen molar-refractivity contribution in [1.29, 1.82) is 0 Å². The van der Waals surface area contributed by atoms with Crippen LogP contribution < -0.4 is 20.3 Å². The fraction of sp³-hybridized carbons (Fsp3) is 0.143. The summed E-state index contributed by atoms with van der Waals surface area (Å²) in [6, 6.07) is 6.51. The third-order valence-electron chi connectivity index (χ3n) is 2.96. The molecular formula is C14H10Br2N2O4S. The van der Waals surface area contributed by atoms with Crippen molar-refractivity contribution in [3.05, 3.63) is 43.0 Å². The SMILES string of the molecule is O=C(NNC(=O)c1cc(Br)c(Br)s1)c1ccc2c(c1)OCCO2. The van der Waals surface area contributed by atoms with Crippen molar-refractivity contribution in [3.8, 4) is 11.5 Å². The number of carbonyl (C=O) groups is 2. The Kier molecular flexibility index (Phi) is 4.88. The summed E-state index contributed by atoms with van der Waals surface area (Å²) in [6.45, 7) is 0.928. The Balaban J connectivity index is 1.64. The third kappa shape index (κ3) is 3.67. The lowest BCUT2D eigenvalue weighted by molar-refractivity contribution is 0.0848. The van der Waals surface area contributed by atoms with Gasteiger partial charge >= 0.3 is 0 Å². The molecule has 1 aromatic heterocycles. The van der Waals surface area contributed by atoms with Gasteiger partial charge in [0.15, 0.2) is 11.5 Å². The van der Waals surface area contributed by atoms with E-state index in [0.29, 0.717) is 35.2 Å². The van der Waals surface area contributed by atoms with E-state index < -0.39 is 11.8 Å². The van der Waals surface area contributed by atoms with Gasteiger partial charge in [-0.25, -0.2) is 0 Å². The topological polar surface area (TPSA) is 76.7 Å². The summed E-state index contributed by atoms with van der Waals surface area (Å²) in [4.78, 5) is 24.5. The third-order valence-corrected chi connectivity index (χ3v) is 6.22. The molecule has 9 heteroatoms. The average Bonchev–Trinajstić information content (AvgIpc) is 2.91. The highest BCUT2D eigenvalue weighted by Crippen LogP contribution is 2.32. The van der Waals surface area contributed by atoms with E-state index in [1.165, 1.54) is 11.3 Å². The minimum absolute atomic E-state index is 0.364. The van der Waals surface area contributed by atoms with Gasteiger partial charge in [-0.1, -0.05) is 0 Å². The molecule has 0 spiro atoms. The van der Waals surface area contributed by atoms with Gasteiger partial charge in [-0.2, -0.15) is 0 Å². The van der Waals surface area contributed by atoms with Crippen LogP contribution in [0.25, 0.3) is 0 Å². The molecule has 0 radical (unpaired) electrons. The van der Waals surface area contributed by atoms with Crippen LogP contribution in [0.2, 0.25) is 0 Å². The molecule has 2 N–H and O–H groups in total. The van der Waals surface area contributed by atoms with Crippen LogP contribution in [-0.4, -0.2) is 25.0 Å². The van der Waals surface area contributed by atoms with E-state index in [1.807, 2.05) is 0 Å². The molecule has 0 saturated heterocycles. The summed E-state index contributed by atoms with van der Waals surface area (Å²) < 4.78 is 12.4. The second-order valence-corrected chi connectivity index (χ2v) is 7.72. The lowest BCUT2D eigenvalue weighted by atomic mass is 10.2. The molecule has 6 nitrogen and oxygen atoms in total. The van der Waals surface area contributed by atoms with Crippen LogP contribution in [0.15, 0.2) is 32.5 Å². The summed E-state index contributed by atoms with van der Waals surface area (Å²) in [5, 5.41) is 0. The lowest BCUT2D eigenvalue weighted by Gasteiger charge is -2.18. The summed E-state index contributed by atoms with van der Waals surface area (Å²) in [7, 11) is 0. The number of carbonyl (C=O) groups excluding carboxylic acids is 2. The maximum absolute atomic E-state index is 12.1. The number of benzene rings is 1. The first-order chi connectivity index (χ1) is 11.0. The van der Waals surface area contributed by atoms with Crippen LogP contribution in [0.4, 0.5) is 0 Å². The first kappa shape index (κ1) is 16.3. The number of amides is 2. The van der Waals surface area contributed by atoms with Crippen LogP contribution in [-0.2, 0) is 0 Å². The van der Waals surface area contributed by atoms with Crippen molar-refractivity contribution in [2.45, 2.75) is 0 Å². The van der Waals surface area contributed by atoms with Crippen LogP contribution in [0, 0.1) is 0 Å². The molecule has 2 aromatic rings. The number of halogens is 2. The fourth-order valence-corrected chi connectivity index (χ4v) is 3.82. The molecule has 0 bridgehead atoms. The number of fused-ring (bicyclic) bond motifs is 1. The highest BCUT2D eigenvalue weighted by molar-refractivity contribution is 9.13. The van der Waals surface area contributed by atoms with E-state index in [9.17, 15) is 9.59 Å². The van der Waals surface area contributed by atoms with E-state index in [0.717, 1.165) is 8.26 Å². The highest BCUT2D eigenvalue weighted by atomic mass is 79.9. The normalized spacial score (nSPS) is 12.6. The molecule has 1 aromatic carbocycles. The molecule has 0 unspecified atom stereocenters. The number of hydrogen-bond donors (Lipinski definition) is 2. The molecule has 0 atom stereocenters. The second-order valence-electron chi connectivity index (χ2n) is 4.50. The van der Waals surface area contributed by atoms with Crippen molar-refractivity contribution in [3.63, 3.8) is 0 Å². The molecule has 23 heavy (non-hydrogen) atoms. The number of ether oxygens (including phenoxy) is 2. The zero-order valence-corrected chi connectivity index (χ0v) is 15.5. The van der Waals surface area contributed by atoms with Gasteiger partial charge < -0.3 is 9.47 Å². The second kappa shape index (κ2) is 6.90. The standard InChI is InChI=1S/C14H10Br2N2O4S/c15-8-6-11(23-12(8)16)14(20)18-17-13(19)7-1-2-9-10(5-7)22-4-3-21-9/h1-2,5-6H,3-4H2,(H,17,19)(H,18,20). The Morgan fingerprint density at radius 1 is 1.00 bits per heavy atom. The van der Waals surface area contributed by atoms with E-state index in [4.69, 9.17) is 9.47 Å². The number of hydrogen-bond acceptors (Lipinski definition) is 5. The minimum atomic E-state index is -0.440. The lowest BCUT2D eigenvalue weighted by Crippen LogP contribution is -2.41. The van der Waals surface area contributed by atoms with Crippen LogP contribution in [0.3, 0.4) is 0 Å². The maximum Gasteiger partial charge on any atom is 0.279 e. The van der Waals surface area contributed by atoms with Crippen molar-refractivity contribution in [1.82, 2.24) is 10.9 Å². The van der Waals surface area contributed by atoms with Crippen molar-refractivity contribution in [2.24, 2.45) is 0 Å². The molecular weight excluding hydrogens is 452 g/mol. The Morgan fingerprint density at radius 2 is 1.70 bits per heavy atom. The average molecular weight is 462 g/mol. The van der Waals surface area contributed by atoms with Crippen LogP contribution in [0.1, 0.15) is 20.0 Å². The van der Waals surface area contributed by atoms with E-state index in [-0.39, 0.29) is 0 Å². The molecule has 2 amide bonds. The number of hydrazine groups is 1. The van der Waals surface area contributed by atoms with E-state index in [2.05, 4.69) is 42.7 Å². The Labute approximate surface area is 152 Å². The molecule has 0 fully saturated rings. The fourth-order valence-electron chi connectivity index (χ4n) is 1.89. The van der Waals surface area contributed by atoms with Gasteiger partial charge in [0.1, 0.15) is 13.2 Å². The largest absolute Gasteiger partial charge is 0.486 e. The van der Waals surface area contributed by atoms with Crippen molar-refractivity contribution in [2.75, 3.05) is 13.2 Å². The number of rotatable bonds is 2. The molecule has 0 aliphatic carbocycles. The van der Waals surface area contributed by atoms with Crippen molar-refractivity contribution >= 4 is 55.0 Å². The first-order valence-corrected chi connectivity index (χ1v) is 8.90. The Hall–Kier alpha value is -1.58. The molecule has 1 aliphatic rings. The minimum Gasteiger partial charge on any atom is -0.486 e. The molecule has 1 aliphatic heterocycles. The summed E-state index contributed by atoms with van der Waals surface area (Å²) in [6.07, 6.45) is 0. The van der Waals surface area contributed by atoms with Gasteiger partial charge in [-0.3, -0.25) is 20.4 Å². The van der Waals surface area contributed by atoms with Gasteiger partial charge in [-0.15, -0.1) is 11.3 Å². The van der Waals surface area contributed by atoms with Crippen LogP contribution >= 0.6 is 43.2 Å². The zero-order chi connectivity index (χ0) is 16.4. The van der Waals surface area contributed by atoms with Crippen molar-refractivity contribution < 1.29 is 19.1 Å². The van der Waals surface area contributed by atoms with E-state index >= 15 is 0 Å². The molecule has 3 rings (SSSR count). The predicted molar refractivity (Wildman–Crippen MR) is 92.1 cm³/mol. The monoisotopic (exact) mass is 460 g/mol. The highest BCUT2D eigenvalue weighted by Gasteiger charge is 2.16. The number of nitrogens with one attached hydrogen (secondary N) is 2. The van der Waals surface area contributed by atoms with Gasteiger partial charge in [0.05, 0.1) is 8.66 Å². The smallest absolute Gasteiger partial charge is 0.279 e. The molecule has 0 saturated carbocycles. The van der Waals surface area contributed by atoms with Gasteiger partial charge in [-0.05, 0) is 56.1 Å². The van der Waals surface area contributed by atoms with Crippen LogP contribution in [0.5, 0.6) is 11.5 Å². The zero-order valence-electron chi connectivity index (χ0n) is 11.5. The Morgan fingerprint density at radius 3 is 2.39 bits per heavy atom. The maximum atomic E-state index is 12.1. The first-order valence-electron chi connectivity index (χ1n) is 6.50. The quantitative estimate of drug-likeness (QED) is 0.673. The van der Waals surface area contributed by atoms with E-state index in [1.54, 1.807) is 24.3 Å². The molecule has 120 valence electrons. The molecule has 2 heterocycles. The predicted octanol–water partition coefficient (Wildman–Crippen LogP) is 3.12. The Bertz CT molecular complexity index is 759. The summed E-state index contributed by atoms with van der Waals surface area (Å²) >= 11 is 7.88. The van der Waals surface area contributed by atoms with Gasteiger partial charge in [0.2, 0.25) is 0 Å². The van der Waals surface area contributed by atoms with Gasteiger partial charge in [0, 0.05) is 10.0 Å². The summed E-state index contributed by atoms with van der Waals surface area (Å²) in [5.41, 5.74) is 5.11. The summed E-state index contributed by atoms with van der Waals surface area (Å²) in [5.74, 6) is 0.281. The number of thiophene rings is 1. The van der Waals surface area contributed by atoms with Gasteiger partial charge in [0.25, 0.3) is 11.8 Å².